The van der Waals surface area contributed by atoms with Crippen LogP contribution in [-0.2, 0) is 0 Å². The highest BCUT2D eigenvalue weighted by Crippen LogP contribution is 2.38. The SMILES string of the molecule is O=C(c1ncccc1C1CCCC1)c1ncccc1C1CCCC1. The van der Waals surface area contributed by atoms with Crippen LogP contribution in [0.2, 0.25) is 0 Å². The second-order valence-electron chi connectivity index (χ2n) is 7.17. The first kappa shape index (κ1) is 15.5. The topological polar surface area (TPSA) is 42.9 Å². The van der Waals surface area contributed by atoms with E-state index in [0.29, 0.717) is 23.2 Å². The maximum Gasteiger partial charge on any atom is 0.230 e. The minimum Gasteiger partial charge on any atom is -0.285 e. The molecule has 0 spiro atoms. The lowest BCUT2D eigenvalue weighted by Gasteiger charge is -2.16. The first-order chi connectivity index (χ1) is 11.8. The van der Waals surface area contributed by atoms with E-state index in [0.717, 1.165) is 11.1 Å². The van der Waals surface area contributed by atoms with Gasteiger partial charge in [-0.2, -0.15) is 0 Å². The Morgan fingerprint density at radius 3 is 1.58 bits per heavy atom. The number of carbonyl (C=O) groups excluding carboxylic acids is 1. The van der Waals surface area contributed by atoms with Gasteiger partial charge in [0.1, 0.15) is 11.4 Å². The van der Waals surface area contributed by atoms with Gasteiger partial charge in [-0.05, 0) is 60.8 Å². The van der Waals surface area contributed by atoms with Crippen LogP contribution in [0.5, 0.6) is 0 Å². The maximum atomic E-state index is 13.3. The Balaban J connectivity index is 1.72. The highest BCUT2D eigenvalue weighted by atomic mass is 16.1. The molecule has 2 saturated carbocycles. The summed E-state index contributed by atoms with van der Waals surface area (Å²) in [5.41, 5.74) is 3.51. The molecule has 2 fully saturated rings. The summed E-state index contributed by atoms with van der Waals surface area (Å²) in [6.45, 7) is 0. The molecule has 0 amide bonds. The third-order valence-corrected chi connectivity index (χ3v) is 5.70. The first-order valence-corrected chi connectivity index (χ1v) is 9.29. The van der Waals surface area contributed by atoms with Crippen LogP contribution in [0.3, 0.4) is 0 Å². The molecule has 2 aliphatic rings. The number of carbonyl (C=O) groups is 1. The molecule has 0 unspecified atom stereocenters. The summed E-state index contributed by atoms with van der Waals surface area (Å²) in [7, 11) is 0. The number of hydrogen-bond donors (Lipinski definition) is 0. The van der Waals surface area contributed by atoms with Gasteiger partial charge in [0.2, 0.25) is 5.78 Å². The molecule has 2 aromatic heterocycles. The number of aromatic nitrogens is 2. The molecule has 0 saturated heterocycles. The zero-order valence-corrected chi connectivity index (χ0v) is 14.1. The molecule has 0 atom stereocenters. The second kappa shape index (κ2) is 6.84. The van der Waals surface area contributed by atoms with Crippen LogP contribution in [0.1, 0.15) is 90.5 Å². The fourth-order valence-electron chi connectivity index (χ4n) is 4.46. The molecule has 2 aromatic rings. The van der Waals surface area contributed by atoms with Crippen LogP contribution in [-0.4, -0.2) is 15.8 Å². The summed E-state index contributed by atoms with van der Waals surface area (Å²) in [4.78, 5) is 22.2. The molecule has 2 heterocycles. The molecule has 3 nitrogen and oxygen atoms in total. The van der Waals surface area contributed by atoms with Crippen molar-refractivity contribution in [3.63, 3.8) is 0 Å². The summed E-state index contributed by atoms with van der Waals surface area (Å²) in [5, 5.41) is 0. The van der Waals surface area contributed by atoms with Gasteiger partial charge in [-0.15, -0.1) is 0 Å². The number of hydrogen-bond acceptors (Lipinski definition) is 3. The van der Waals surface area contributed by atoms with E-state index < -0.39 is 0 Å². The Kier molecular flexibility index (Phi) is 4.42. The van der Waals surface area contributed by atoms with Crippen LogP contribution in [0.25, 0.3) is 0 Å². The van der Waals surface area contributed by atoms with Crippen molar-refractivity contribution in [2.45, 2.75) is 63.2 Å². The Labute approximate surface area is 143 Å². The van der Waals surface area contributed by atoms with Gasteiger partial charge in [0.05, 0.1) is 0 Å². The first-order valence-electron chi connectivity index (χ1n) is 9.29. The van der Waals surface area contributed by atoms with Crippen LogP contribution < -0.4 is 0 Å². The number of pyridine rings is 2. The van der Waals surface area contributed by atoms with E-state index in [1.54, 1.807) is 12.4 Å². The smallest absolute Gasteiger partial charge is 0.230 e. The maximum absolute atomic E-state index is 13.3. The van der Waals surface area contributed by atoms with Crippen molar-refractivity contribution in [2.75, 3.05) is 0 Å². The van der Waals surface area contributed by atoms with Crippen LogP contribution in [0.15, 0.2) is 36.7 Å². The monoisotopic (exact) mass is 320 g/mol. The zero-order valence-electron chi connectivity index (χ0n) is 14.1. The highest BCUT2D eigenvalue weighted by Gasteiger charge is 2.28. The summed E-state index contributed by atoms with van der Waals surface area (Å²) < 4.78 is 0. The normalized spacial score (nSPS) is 19.0. The van der Waals surface area contributed by atoms with Crippen molar-refractivity contribution in [2.24, 2.45) is 0 Å². The van der Waals surface area contributed by atoms with Gasteiger partial charge in [-0.1, -0.05) is 37.8 Å². The molecule has 2 aliphatic carbocycles. The van der Waals surface area contributed by atoms with E-state index in [1.165, 1.54) is 51.4 Å². The lowest BCUT2D eigenvalue weighted by Crippen LogP contribution is -2.14. The number of rotatable bonds is 4. The Morgan fingerprint density at radius 1 is 0.750 bits per heavy atom. The summed E-state index contributed by atoms with van der Waals surface area (Å²) in [6, 6.07) is 8.10. The van der Waals surface area contributed by atoms with Gasteiger partial charge in [-0.3, -0.25) is 14.8 Å². The van der Waals surface area contributed by atoms with Gasteiger partial charge in [0.25, 0.3) is 0 Å². The fourth-order valence-corrected chi connectivity index (χ4v) is 4.46. The summed E-state index contributed by atoms with van der Waals surface area (Å²) in [5.74, 6) is 0.979. The van der Waals surface area contributed by atoms with Crippen molar-refractivity contribution in [3.05, 3.63) is 59.2 Å². The van der Waals surface area contributed by atoms with E-state index in [-0.39, 0.29) is 5.78 Å². The molecule has 4 rings (SSSR count). The quantitative estimate of drug-likeness (QED) is 0.743. The number of ketones is 1. The molecule has 0 N–H and O–H groups in total. The van der Waals surface area contributed by atoms with Crippen LogP contribution in [0, 0.1) is 0 Å². The third kappa shape index (κ3) is 2.88. The zero-order chi connectivity index (χ0) is 16.4. The molecule has 0 bridgehead atoms. The third-order valence-electron chi connectivity index (χ3n) is 5.70. The standard InChI is InChI=1S/C21H24N2O/c24-21(19-17(11-5-13-22-19)15-7-1-2-8-15)20-18(12-6-14-23-20)16-9-3-4-10-16/h5-6,11-16H,1-4,7-10H2. The Hall–Kier alpha value is -2.03. The van der Waals surface area contributed by atoms with E-state index >= 15 is 0 Å². The van der Waals surface area contributed by atoms with E-state index in [1.807, 2.05) is 12.1 Å². The van der Waals surface area contributed by atoms with Crippen molar-refractivity contribution >= 4 is 5.78 Å². The molecular weight excluding hydrogens is 296 g/mol. The molecule has 24 heavy (non-hydrogen) atoms. The largest absolute Gasteiger partial charge is 0.285 e. The van der Waals surface area contributed by atoms with E-state index in [2.05, 4.69) is 22.1 Å². The van der Waals surface area contributed by atoms with Gasteiger partial charge in [0.15, 0.2) is 0 Å². The fraction of sp³-hybridized carbons (Fsp3) is 0.476. The lowest BCUT2D eigenvalue weighted by atomic mass is 9.90. The molecule has 124 valence electrons. The van der Waals surface area contributed by atoms with Crippen LogP contribution >= 0.6 is 0 Å². The van der Waals surface area contributed by atoms with Crippen molar-refractivity contribution in [1.82, 2.24) is 9.97 Å². The summed E-state index contributed by atoms with van der Waals surface area (Å²) >= 11 is 0. The minimum atomic E-state index is 0.0139. The average molecular weight is 320 g/mol. The minimum absolute atomic E-state index is 0.0139. The number of nitrogens with zero attached hydrogens (tertiary/aromatic N) is 2. The molecular formula is C21H24N2O. The van der Waals surface area contributed by atoms with Crippen molar-refractivity contribution in [3.8, 4) is 0 Å². The predicted octanol–water partition coefficient (Wildman–Crippen LogP) is 5.02. The van der Waals surface area contributed by atoms with Crippen molar-refractivity contribution in [1.29, 1.82) is 0 Å². The predicted molar refractivity (Wildman–Crippen MR) is 94.3 cm³/mol. The summed E-state index contributed by atoms with van der Waals surface area (Å²) in [6.07, 6.45) is 13.2. The van der Waals surface area contributed by atoms with E-state index in [4.69, 9.17) is 0 Å². The highest BCUT2D eigenvalue weighted by molar-refractivity contribution is 6.08. The molecule has 0 aliphatic heterocycles. The van der Waals surface area contributed by atoms with Gasteiger partial charge < -0.3 is 0 Å². The van der Waals surface area contributed by atoms with E-state index in [9.17, 15) is 4.79 Å². The molecule has 0 radical (unpaired) electrons. The van der Waals surface area contributed by atoms with Gasteiger partial charge in [0, 0.05) is 12.4 Å². The van der Waals surface area contributed by atoms with Gasteiger partial charge >= 0.3 is 0 Å². The molecule has 3 heteroatoms. The van der Waals surface area contributed by atoms with Gasteiger partial charge in [-0.25, -0.2) is 0 Å². The average Bonchev–Trinajstić information content (AvgIpc) is 3.35. The Bertz CT molecular complexity index is 667. The van der Waals surface area contributed by atoms with Crippen molar-refractivity contribution < 1.29 is 4.79 Å². The Morgan fingerprint density at radius 2 is 1.17 bits per heavy atom. The van der Waals surface area contributed by atoms with Crippen LogP contribution in [0.4, 0.5) is 0 Å². The second-order valence-corrected chi connectivity index (χ2v) is 7.17. The molecule has 0 aromatic carbocycles. The lowest BCUT2D eigenvalue weighted by molar-refractivity contribution is 0.102.